The number of hydrogen-bond acceptors (Lipinski definition) is 2. The summed E-state index contributed by atoms with van der Waals surface area (Å²) in [7, 11) is 2.06. The van der Waals surface area contributed by atoms with E-state index < -0.39 is 0 Å². The third-order valence-corrected chi connectivity index (χ3v) is 3.05. The summed E-state index contributed by atoms with van der Waals surface area (Å²) in [5.74, 6) is 0. The Hall–Kier alpha value is -1.48. The number of nitrogens with zero attached hydrogens (tertiary/aromatic N) is 1. The van der Waals surface area contributed by atoms with E-state index in [2.05, 4.69) is 47.4 Å². The third-order valence-electron chi connectivity index (χ3n) is 3.05. The summed E-state index contributed by atoms with van der Waals surface area (Å²) in [6, 6.07) is 8.58. The van der Waals surface area contributed by atoms with Crippen molar-refractivity contribution in [3.8, 4) is 0 Å². The molecule has 0 aliphatic heterocycles. The molecule has 0 amide bonds. The Bertz CT molecular complexity index is 476. The van der Waals surface area contributed by atoms with Crippen molar-refractivity contribution in [2.45, 2.75) is 19.3 Å². The molecule has 0 radical (unpaired) electrons. The second-order valence-electron chi connectivity index (χ2n) is 4.41. The number of rotatable bonds is 6. The monoisotopic (exact) mass is 232 g/mol. The topological polar surface area (TPSA) is 37.2 Å². The fraction of sp³-hybridized carbons (Fsp3) is 0.429. The Morgan fingerprint density at radius 1 is 1.18 bits per heavy atom. The first-order chi connectivity index (χ1) is 8.31. The first kappa shape index (κ1) is 12.0. The smallest absolute Gasteiger partial charge is 0.0479 e. The van der Waals surface area contributed by atoms with E-state index in [1.165, 1.54) is 16.6 Å². The van der Waals surface area contributed by atoms with Crippen LogP contribution in [0, 0.1) is 0 Å². The van der Waals surface area contributed by atoms with E-state index in [1.807, 2.05) is 0 Å². The first-order valence-electron chi connectivity index (χ1n) is 6.21. The zero-order valence-electron chi connectivity index (χ0n) is 10.3. The van der Waals surface area contributed by atoms with E-state index in [0.717, 1.165) is 25.8 Å². The lowest BCUT2D eigenvalue weighted by Gasteiger charge is -2.06. The number of anilines is 1. The van der Waals surface area contributed by atoms with Gasteiger partial charge in [0.2, 0.25) is 0 Å². The van der Waals surface area contributed by atoms with E-state index in [-0.39, 0.29) is 0 Å². The van der Waals surface area contributed by atoms with Crippen LogP contribution < -0.4 is 5.32 Å². The van der Waals surface area contributed by atoms with Gasteiger partial charge in [-0.15, -0.1) is 0 Å². The normalized spacial score (nSPS) is 10.9. The van der Waals surface area contributed by atoms with Crippen molar-refractivity contribution in [1.82, 2.24) is 4.57 Å². The zero-order valence-corrected chi connectivity index (χ0v) is 10.3. The van der Waals surface area contributed by atoms with Gasteiger partial charge >= 0.3 is 0 Å². The largest absolute Gasteiger partial charge is 0.396 e. The van der Waals surface area contributed by atoms with Crippen LogP contribution in [-0.4, -0.2) is 22.8 Å². The number of aryl methyl sites for hydroxylation is 1. The van der Waals surface area contributed by atoms with Crippen molar-refractivity contribution < 1.29 is 5.11 Å². The Morgan fingerprint density at radius 3 is 2.88 bits per heavy atom. The number of aliphatic hydroxyl groups excluding tert-OH is 1. The van der Waals surface area contributed by atoms with Crippen molar-refractivity contribution in [1.29, 1.82) is 0 Å². The zero-order chi connectivity index (χ0) is 12.1. The van der Waals surface area contributed by atoms with Crippen molar-refractivity contribution in [2.24, 2.45) is 7.05 Å². The predicted molar refractivity (Wildman–Crippen MR) is 72.3 cm³/mol. The standard InChI is InChI=1S/C14H20N2O/c1-16-9-7-12-11-13(5-6-14(12)16)15-8-3-2-4-10-17/h5-7,9,11,15,17H,2-4,8,10H2,1H3. The number of unbranched alkanes of at least 4 members (excludes halogenated alkanes) is 2. The molecule has 1 aromatic heterocycles. The molecule has 92 valence electrons. The summed E-state index contributed by atoms with van der Waals surface area (Å²) < 4.78 is 2.13. The van der Waals surface area contributed by atoms with Crippen LogP contribution in [0.15, 0.2) is 30.5 Å². The molecule has 0 spiro atoms. The molecule has 1 aromatic carbocycles. The van der Waals surface area contributed by atoms with Crippen LogP contribution >= 0.6 is 0 Å². The molecule has 0 saturated carbocycles. The Morgan fingerprint density at radius 2 is 2.06 bits per heavy atom. The second kappa shape index (κ2) is 5.73. The molecular weight excluding hydrogens is 212 g/mol. The molecule has 0 atom stereocenters. The molecule has 3 nitrogen and oxygen atoms in total. The molecule has 3 heteroatoms. The maximum Gasteiger partial charge on any atom is 0.0479 e. The third kappa shape index (κ3) is 3.01. The molecule has 0 fully saturated rings. The Kier molecular flexibility index (Phi) is 4.04. The van der Waals surface area contributed by atoms with Gasteiger partial charge in [-0.1, -0.05) is 0 Å². The van der Waals surface area contributed by atoms with Crippen LogP contribution in [0.5, 0.6) is 0 Å². The van der Waals surface area contributed by atoms with Crippen molar-refractivity contribution in [3.05, 3.63) is 30.5 Å². The van der Waals surface area contributed by atoms with Crippen LogP contribution in [0.1, 0.15) is 19.3 Å². The minimum absolute atomic E-state index is 0.302. The summed E-state index contributed by atoms with van der Waals surface area (Å²) in [5.41, 5.74) is 2.43. The minimum atomic E-state index is 0.302. The van der Waals surface area contributed by atoms with Gasteiger partial charge < -0.3 is 15.0 Å². The van der Waals surface area contributed by atoms with E-state index in [0.29, 0.717) is 6.61 Å². The second-order valence-corrected chi connectivity index (χ2v) is 4.41. The average molecular weight is 232 g/mol. The summed E-state index contributed by atoms with van der Waals surface area (Å²) in [6.07, 6.45) is 5.17. The number of hydrogen-bond donors (Lipinski definition) is 2. The molecule has 2 N–H and O–H groups in total. The van der Waals surface area contributed by atoms with E-state index in [9.17, 15) is 0 Å². The van der Waals surface area contributed by atoms with Crippen molar-refractivity contribution in [2.75, 3.05) is 18.5 Å². The lowest BCUT2D eigenvalue weighted by atomic mass is 10.2. The lowest BCUT2D eigenvalue weighted by molar-refractivity contribution is 0.283. The summed E-state index contributed by atoms with van der Waals surface area (Å²) in [5, 5.41) is 13.4. The van der Waals surface area contributed by atoms with Gasteiger partial charge in [0, 0.05) is 43.0 Å². The maximum absolute atomic E-state index is 8.68. The van der Waals surface area contributed by atoms with Crippen LogP contribution in [0.4, 0.5) is 5.69 Å². The molecule has 0 aliphatic rings. The highest BCUT2D eigenvalue weighted by atomic mass is 16.2. The number of nitrogens with one attached hydrogen (secondary N) is 1. The molecule has 2 rings (SSSR count). The average Bonchev–Trinajstić information content (AvgIpc) is 2.71. The number of aromatic nitrogens is 1. The molecule has 0 bridgehead atoms. The van der Waals surface area contributed by atoms with Gasteiger partial charge in [-0.3, -0.25) is 0 Å². The fourth-order valence-corrected chi connectivity index (χ4v) is 2.04. The minimum Gasteiger partial charge on any atom is -0.396 e. The fourth-order valence-electron chi connectivity index (χ4n) is 2.04. The Balaban J connectivity index is 1.91. The molecule has 2 aromatic rings. The highest BCUT2D eigenvalue weighted by Crippen LogP contribution is 2.19. The predicted octanol–water partition coefficient (Wildman–Crippen LogP) is 2.75. The highest BCUT2D eigenvalue weighted by Gasteiger charge is 1.99. The quantitative estimate of drug-likeness (QED) is 0.751. The van der Waals surface area contributed by atoms with Crippen molar-refractivity contribution >= 4 is 16.6 Å². The van der Waals surface area contributed by atoms with Gasteiger partial charge in [0.1, 0.15) is 0 Å². The van der Waals surface area contributed by atoms with Gasteiger partial charge in [-0.2, -0.15) is 0 Å². The Labute approximate surface area is 102 Å². The number of fused-ring (bicyclic) bond motifs is 1. The van der Waals surface area contributed by atoms with Gasteiger partial charge in [0.25, 0.3) is 0 Å². The first-order valence-corrected chi connectivity index (χ1v) is 6.21. The van der Waals surface area contributed by atoms with E-state index >= 15 is 0 Å². The van der Waals surface area contributed by atoms with Crippen molar-refractivity contribution in [3.63, 3.8) is 0 Å². The molecule has 0 aliphatic carbocycles. The van der Waals surface area contributed by atoms with Crippen LogP contribution in [0.3, 0.4) is 0 Å². The molecule has 1 heterocycles. The number of benzene rings is 1. The van der Waals surface area contributed by atoms with E-state index in [1.54, 1.807) is 0 Å². The molecular formula is C14H20N2O. The van der Waals surface area contributed by atoms with E-state index in [4.69, 9.17) is 5.11 Å². The molecule has 0 unspecified atom stereocenters. The van der Waals surface area contributed by atoms with Gasteiger partial charge in [-0.25, -0.2) is 0 Å². The maximum atomic E-state index is 8.68. The SMILES string of the molecule is Cn1ccc2cc(NCCCCCO)ccc21. The lowest BCUT2D eigenvalue weighted by Crippen LogP contribution is -2.01. The summed E-state index contributed by atoms with van der Waals surface area (Å²) >= 11 is 0. The van der Waals surface area contributed by atoms with Gasteiger partial charge in [0.15, 0.2) is 0 Å². The van der Waals surface area contributed by atoms with Crippen LogP contribution in [0.2, 0.25) is 0 Å². The van der Waals surface area contributed by atoms with Gasteiger partial charge in [0.05, 0.1) is 0 Å². The molecule has 0 saturated heterocycles. The summed E-state index contributed by atoms with van der Waals surface area (Å²) in [4.78, 5) is 0. The highest BCUT2D eigenvalue weighted by molar-refractivity contribution is 5.83. The number of aliphatic hydroxyl groups is 1. The summed E-state index contributed by atoms with van der Waals surface area (Å²) in [6.45, 7) is 1.27. The molecule has 17 heavy (non-hydrogen) atoms. The van der Waals surface area contributed by atoms with Gasteiger partial charge in [-0.05, 0) is 43.5 Å². The van der Waals surface area contributed by atoms with Crippen LogP contribution in [0.25, 0.3) is 10.9 Å². The van der Waals surface area contributed by atoms with Crippen LogP contribution in [-0.2, 0) is 7.05 Å².